The van der Waals surface area contributed by atoms with E-state index in [2.05, 4.69) is 40.3 Å². The third kappa shape index (κ3) is 3.07. The van der Waals surface area contributed by atoms with Gasteiger partial charge < -0.3 is 5.32 Å². The molecule has 0 fully saturated rings. The first-order valence-electron chi connectivity index (χ1n) is 5.31. The minimum absolute atomic E-state index is 0.222. The molecular weight excluding hydrogens is 301 g/mol. The second kappa shape index (κ2) is 5.19. The number of benzene rings is 1. The molecule has 2 aromatic rings. The summed E-state index contributed by atoms with van der Waals surface area (Å²) in [5.74, 6) is -0.222. The van der Waals surface area contributed by atoms with E-state index in [1.807, 2.05) is 6.92 Å². The fourth-order valence-corrected chi connectivity index (χ4v) is 2.77. The molecule has 0 aliphatic carbocycles. The van der Waals surface area contributed by atoms with Crippen LogP contribution in [0.15, 0.2) is 28.7 Å². The van der Waals surface area contributed by atoms with Crippen LogP contribution in [0.4, 0.5) is 10.1 Å². The summed E-state index contributed by atoms with van der Waals surface area (Å²) in [5, 5.41) is 3.32. The molecule has 0 atom stereocenters. The van der Waals surface area contributed by atoms with Gasteiger partial charge in [0.1, 0.15) is 5.82 Å². The Labute approximate surface area is 113 Å². The molecule has 0 spiro atoms. The molecule has 1 nitrogen and oxygen atoms in total. The maximum absolute atomic E-state index is 13.3. The Bertz CT molecular complexity index is 536. The summed E-state index contributed by atoms with van der Waals surface area (Å²) in [7, 11) is 0. The van der Waals surface area contributed by atoms with Gasteiger partial charge >= 0.3 is 0 Å². The molecule has 2 rings (SSSR count). The smallest absolute Gasteiger partial charge is 0.137 e. The average molecular weight is 314 g/mol. The van der Waals surface area contributed by atoms with E-state index in [1.54, 1.807) is 17.4 Å². The Morgan fingerprint density at radius 3 is 2.71 bits per heavy atom. The summed E-state index contributed by atoms with van der Waals surface area (Å²) in [4.78, 5) is 2.58. The highest BCUT2D eigenvalue weighted by Gasteiger charge is 2.05. The van der Waals surface area contributed by atoms with Gasteiger partial charge in [0.25, 0.3) is 0 Å². The normalized spacial score (nSPS) is 10.6. The van der Waals surface area contributed by atoms with Gasteiger partial charge in [-0.1, -0.05) is 0 Å². The van der Waals surface area contributed by atoms with Crippen LogP contribution < -0.4 is 5.32 Å². The lowest BCUT2D eigenvalue weighted by atomic mass is 10.2. The number of hydrogen-bond acceptors (Lipinski definition) is 2. The van der Waals surface area contributed by atoms with Crippen LogP contribution in [-0.4, -0.2) is 0 Å². The van der Waals surface area contributed by atoms with Gasteiger partial charge in [0, 0.05) is 22.0 Å². The van der Waals surface area contributed by atoms with Gasteiger partial charge in [0.15, 0.2) is 0 Å². The molecule has 1 heterocycles. The second-order valence-corrected chi connectivity index (χ2v) is 6.17. The fraction of sp³-hybridized carbons (Fsp3) is 0.231. The highest BCUT2D eigenvalue weighted by Crippen LogP contribution is 2.25. The number of aryl methyl sites for hydroxylation is 2. The highest BCUT2D eigenvalue weighted by atomic mass is 79.9. The summed E-state index contributed by atoms with van der Waals surface area (Å²) in [6.45, 7) is 4.77. The SMILES string of the molecule is Cc1ccc(CNc2cc(Br)c(F)cc2C)s1. The second-order valence-electron chi connectivity index (χ2n) is 3.95. The van der Waals surface area contributed by atoms with Crippen molar-refractivity contribution in [3.63, 3.8) is 0 Å². The minimum Gasteiger partial charge on any atom is -0.380 e. The van der Waals surface area contributed by atoms with E-state index in [9.17, 15) is 4.39 Å². The van der Waals surface area contributed by atoms with Crippen LogP contribution in [0.1, 0.15) is 15.3 Å². The van der Waals surface area contributed by atoms with E-state index in [4.69, 9.17) is 0 Å². The van der Waals surface area contributed by atoms with Gasteiger partial charge in [-0.15, -0.1) is 11.3 Å². The first kappa shape index (κ1) is 12.6. The Balaban J connectivity index is 2.11. The van der Waals surface area contributed by atoms with Crippen LogP contribution in [-0.2, 0) is 6.54 Å². The Morgan fingerprint density at radius 2 is 2.06 bits per heavy atom. The van der Waals surface area contributed by atoms with Crippen molar-refractivity contribution < 1.29 is 4.39 Å². The van der Waals surface area contributed by atoms with Crippen molar-refractivity contribution in [3.8, 4) is 0 Å². The first-order valence-corrected chi connectivity index (χ1v) is 6.92. The molecule has 17 heavy (non-hydrogen) atoms. The van der Waals surface area contributed by atoms with Crippen molar-refractivity contribution in [2.24, 2.45) is 0 Å². The molecule has 4 heteroatoms. The number of thiophene rings is 1. The third-order valence-corrected chi connectivity index (χ3v) is 4.12. The fourth-order valence-electron chi connectivity index (χ4n) is 1.60. The average Bonchev–Trinajstić information content (AvgIpc) is 2.68. The molecule has 1 aromatic carbocycles. The van der Waals surface area contributed by atoms with Crippen molar-refractivity contribution in [1.82, 2.24) is 0 Å². The zero-order valence-electron chi connectivity index (χ0n) is 9.68. The van der Waals surface area contributed by atoms with Crippen molar-refractivity contribution in [1.29, 1.82) is 0 Å². The van der Waals surface area contributed by atoms with Crippen LogP contribution in [0, 0.1) is 19.7 Å². The number of halogens is 2. The van der Waals surface area contributed by atoms with Crippen molar-refractivity contribution >= 4 is 33.0 Å². The summed E-state index contributed by atoms with van der Waals surface area (Å²) >= 11 is 4.97. The molecule has 90 valence electrons. The summed E-state index contributed by atoms with van der Waals surface area (Å²) < 4.78 is 13.7. The van der Waals surface area contributed by atoms with Crippen LogP contribution in [0.25, 0.3) is 0 Å². The summed E-state index contributed by atoms with van der Waals surface area (Å²) in [6.07, 6.45) is 0. The van der Waals surface area contributed by atoms with E-state index in [0.29, 0.717) is 4.47 Å². The van der Waals surface area contributed by atoms with Gasteiger partial charge in [-0.05, 0) is 59.6 Å². The predicted octanol–water partition coefficient (Wildman–Crippen LogP) is 4.88. The maximum atomic E-state index is 13.3. The van der Waals surface area contributed by atoms with Crippen molar-refractivity contribution in [2.75, 3.05) is 5.32 Å². The Hall–Kier alpha value is -0.870. The molecule has 1 N–H and O–H groups in total. The topological polar surface area (TPSA) is 12.0 Å². The largest absolute Gasteiger partial charge is 0.380 e. The zero-order valence-corrected chi connectivity index (χ0v) is 12.1. The molecule has 0 saturated heterocycles. The molecule has 1 aromatic heterocycles. The van der Waals surface area contributed by atoms with Crippen molar-refractivity contribution in [2.45, 2.75) is 20.4 Å². The summed E-state index contributed by atoms with van der Waals surface area (Å²) in [5.41, 5.74) is 1.88. The number of anilines is 1. The number of nitrogens with one attached hydrogen (secondary N) is 1. The zero-order chi connectivity index (χ0) is 12.4. The molecule has 0 bridgehead atoms. The molecule has 0 aliphatic heterocycles. The van der Waals surface area contributed by atoms with Gasteiger partial charge in [0.05, 0.1) is 4.47 Å². The summed E-state index contributed by atoms with van der Waals surface area (Å²) in [6, 6.07) is 7.53. The number of rotatable bonds is 3. The molecule has 0 unspecified atom stereocenters. The Kier molecular flexibility index (Phi) is 3.84. The van der Waals surface area contributed by atoms with Crippen LogP contribution in [0.5, 0.6) is 0 Å². The quantitative estimate of drug-likeness (QED) is 0.851. The van der Waals surface area contributed by atoms with E-state index in [-0.39, 0.29) is 5.82 Å². The van der Waals surface area contributed by atoms with E-state index < -0.39 is 0 Å². The van der Waals surface area contributed by atoms with E-state index in [1.165, 1.54) is 15.8 Å². The monoisotopic (exact) mass is 313 g/mol. The molecule has 0 amide bonds. The number of hydrogen-bond donors (Lipinski definition) is 1. The lowest BCUT2D eigenvalue weighted by Gasteiger charge is -2.09. The van der Waals surface area contributed by atoms with Crippen molar-refractivity contribution in [3.05, 3.63) is 49.9 Å². The molecule has 0 radical (unpaired) electrons. The van der Waals surface area contributed by atoms with E-state index in [0.717, 1.165) is 17.8 Å². The molecular formula is C13H13BrFNS. The van der Waals surface area contributed by atoms with Crippen LogP contribution in [0.3, 0.4) is 0 Å². The van der Waals surface area contributed by atoms with Gasteiger partial charge in [-0.25, -0.2) is 4.39 Å². The standard InChI is InChI=1S/C13H13BrFNS/c1-8-5-12(15)11(14)6-13(8)16-7-10-4-3-9(2)17-10/h3-6,16H,7H2,1-2H3. The minimum atomic E-state index is -0.222. The third-order valence-electron chi connectivity index (χ3n) is 2.52. The lowest BCUT2D eigenvalue weighted by Crippen LogP contribution is -2.00. The molecule has 0 saturated carbocycles. The molecule has 0 aliphatic rings. The predicted molar refractivity (Wildman–Crippen MR) is 75.2 cm³/mol. The van der Waals surface area contributed by atoms with Crippen LogP contribution in [0.2, 0.25) is 0 Å². The van der Waals surface area contributed by atoms with Gasteiger partial charge in [0.2, 0.25) is 0 Å². The maximum Gasteiger partial charge on any atom is 0.137 e. The Morgan fingerprint density at radius 1 is 1.29 bits per heavy atom. The highest BCUT2D eigenvalue weighted by molar-refractivity contribution is 9.10. The van der Waals surface area contributed by atoms with E-state index >= 15 is 0 Å². The first-order chi connectivity index (χ1) is 8.06. The lowest BCUT2D eigenvalue weighted by molar-refractivity contribution is 0.620. The van der Waals surface area contributed by atoms with Gasteiger partial charge in [-0.2, -0.15) is 0 Å². The van der Waals surface area contributed by atoms with Crippen LogP contribution >= 0.6 is 27.3 Å². The van der Waals surface area contributed by atoms with Gasteiger partial charge in [-0.3, -0.25) is 0 Å².